The third-order valence-corrected chi connectivity index (χ3v) is 4.97. The smallest absolute Gasteiger partial charge is 0.319 e. The number of benzene rings is 2. The number of rotatable bonds is 5. The van der Waals surface area contributed by atoms with Crippen molar-refractivity contribution in [2.24, 2.45) is 0 Å². The van der Waals surface area contributed by atoms with Crippen LogP contribution in [-0.2, 0) is 10.3 Å². The summed E-state index contributed by atoms with van der Waals surface area (Å²) < 4.78 is 0. The Hall–Kier alpha value is -2.97. The predicted molar refractivity (Wildman–Crippen MR) is 101 cm³/mol. The molecule has 28 heavy (non-hydrogen) atoms. The first-order chi connectivity index (χ1) is 13.1. The van der Waals surface area contributed by atoms with E-state index < -0.39 is 34.7 Å². The molecular weight excluding hydrogens is 409 g/mol. The summed E-state index contributed by atoms with van der Waals surface area (Å²) in [6.07, 6.45) is 0. The number of carbonyl (C=O) groups is 3. The molecule has 1 aliphatic heterocycles. The normalized spacial score (nSPS) is 18.9. The third kappa shape index (κ3) is 3.44. The SMILES string of the molecule is CC1(c2ccc(Cl)cc2Cl)NC(=O)N(CC(=O)c2cccc([N+](=O)[O-])c2)C1=O. The zero-order chi connectivity index (χ0) is 20.6. The molecule has 1 unspecified atom stereocenters. The van der Waals surface area contributed by atoms with E-state index in [2.05, 4.69) is 5.32 Å². The van der Waals surface area contributed by atoms with E-state index in [4.69, 9.17) is 23.2 Å². The molecule has 3 amide bonds. The lowest BCUT2D eigenvalue weighted by Gasteiger charge is -2.23. The molecule has 1 fully saturated rings. The van der Waals surface area contributed by atoms with Crippen LogP contribution in [0, 0.1) is 10.1 Å². The van der Waals surface area contributed by atoms with Crippen LogP contribution in [0.15, 0.2) is 42.5 Å². The number of carbonyl (C=O) groups excluding carboxylic acids is 3. The van der Waals surface area contributed by atoms with Gasteiger partial charge in [-0.05, 0) is 19.1 Å². The van der Waals surface area contributed by atoms with Crippen LogP contribution in [0.4, 0.5) is 10.5 Å². The van der Waals surface area contributed by atoms with Gasteiger partial charge in [0.2, 0.25) is 0 Å². The van der Waals surface area contributed by atoms with Gasteiger partial charge in [0.1, 0.15) is 5.54 Å². The van der Waals surface area contributed by atoms with Gasteiger partial charge in [-0.25, -0.2) is 4.79 Å². The van der Waals surface area contributed by atoms with Crippen LogP contribution in [0.25, 0.3) is 0 Å². The van der Waals surface area contributed by atoms with Crippen molar-refractivity contribution in [3.8, 4) is 0 Å². The minimum atomic E-state index is -1.47. The molecule has 0 aliphatic carbocycles. The van der Waals surface area contributed by atoms with Gasteiger partial charge in [0.15, 0.2) is 5.78 Å². The Morgan fingerprint density at radius 1 is 1.21 bits per heavy atom. The van der Waals surface area contributed by atoms with Crippen LogP contribution in [0.1, 0.15) is 22.8 Å². The highest BCUT2D eigenvalue weighted by atomic mass is 35.5. The molecule has 1 aliphatic rings. The van der Waals surface area contributed by atoms with Crippen LogP contribution in [0.2, 0.25) is 10.0 Å². The molecule has 0 radical (unpaired) electrons. The van der Waals surface area contributed by atoms with Gasteiger partial charge in [-0.1, -0.05) is 41.4 Å². The lowest BCUT2D eigenvalue weighted by atomic mass is 9.92. The highest BCUT2D eigenvalue weighted by Gasteiger charge is 2.50. The summed E-state index contributed by atoms with van der Waals surface area (Å²) in [7, 11) is 0. The van der Waals surface area contributed by atoms with Gasteiger partial charge in [0.25, 0.3) is 11.6 Å². The number of amides is 3. The number of urea groups is 1. The van der Waals surface area contributed by atoms with E-state index in [1.165, 1.54) is 43.3 Å². The quantitative estimate of drug-likeness (QED) is 0.343. The maximum atomic E-state index is 12.9. The van der Waals surface area contributed by atoms with E-state index in [0.29, 0.717) is 10.6 Å². The second kappa shape index (κ2) is 7.21. The van der Waals surface area contributed by atoms with Crippen molar-refractivity contribution in [1.82, 2.24) is 10.2 Å². The summed E-state index contributed by atoms with van der Waals surface area (Å²) in [6, 6.07) is 8.80. The van der Waals surface area contributed by atoms with Gasteiger partial charge >= 0.3 is 6.03 Å². The number of nitrogens with one attached hydrogen (secondary N) is 1. The lowest BCUT2D eigenvalue weighted by Crippen LogP contribution is -2.41. The van der Waals surface area contributed by atoms with Crippen molar-refractivity contribution in [1.29, 1.82) is 0 Å². The zero-order valence-electron chi connectivity index (χ0n) is 14.4. The first-order valence-corrected chi connectivity index (χ1v) is 8.76. The Labute approximate surface area is 169 Å². The van der Waals surface area contributed by atoms with Crippen LogP contribution in [-0.4, -0.2) is 34.1 Å². The van der Waals surface area contributed by atoms with Gasteiger partial charge in [-0.2, -0.15) is 0 Å². The summed E-state index contributed by atoms with van der Waals surface area (Å²) in [6.45, 7) is 0.910. The summed E-state index contributed by atoms with van der Waals surface area (Å²) >= 11 is 12.0. The Balaban J connectivity index is 1.87. The van der Waals surface area contributed by atoms with Crippen LogP contribution in [0.5, 0.6) is 0 Å². The van der Waals surface area contributed by atoms with E-state index in [0.717, 1.165) is 11.0 Å². The first-order valence-electron chi connectivity index (χ1n) is 8.01. The molecule has 0 bridgehead atoms. The molecule has 144 valence electrons. The molecular formula is C18H13Cl2N3O5. The number of nitro benzene ring substituents is 1. The van der Waals surface area contributed by atoms with Gasteiger partial charge in [0.05, 0.1) is 11.5 Å². The van der Waals surface area contributed by atoms with E-state index in [1.54, 1.807) is 0 Å². The fourth-order valence-corrected chi connectivity index (χ4v) is 3.54. The minimum absolute atomic E-state index is 0.0212. The average Bonchev–Trinajstić information content (AvgIpc) is 2.85. The number of hydrogen-bond acceptors (Lipinski definition) is 5. The Bertz CT molecular complexity index is 1030. The third-order valence-electron chi connectivity index (χ3n) is 4.43. The summed E-state index contributed by atoms with van der Waals surface area (Å²) in [4.78, 5) is 48.7. The van der Waals surface area contributed by atoms with E-state index in [-0.39, 0.29) is 16.3 Å². The second-order valence-electron chi connectivity index (χ2n) is 6.30. The van der Waals surface area contributed by atoms with Gasteiger partial charge in [0, 0.05) is 33.3 Å². The van der Waals surface area contributed by atoms with Crippen molar-refractivity contribution in [2.45, 2.75) is 12.5 Å². The number of Topliss-reactive ketones (excluding diaryl/α,β-unsaturated/α-hetero) is 1. The van der Waals surface area contributed by atoms with Gasteiger partial charge < -0.3 is 5.32 Å². The molecule has 2 aromatic carbocycles. The van der Waals surface area contributed by atoms with Crippen LogP contribution in [0.3, 0.4) is 0 Å². The molecule has 0 aromatic heterocycles. The zero-order valence-corrected chi connectivity index (χ0v) is 16.0. The Morgan fingerprint density at radius 3 is 2.57 bits per heavy atom. The maximum absolute atomic E-state index is 12.9. The van der Waals surface area contributed by atoms with E-state index in [9.17, 15) is 24.5 Å². The van der Waals surface area contributed by atoms with Crippen LogP contribution >= 0.6 is 23.2 Å². The number of halogens is 2. The molecule has 0 spiro atoms. The largest absolute Gasteiger partial charge is 0.325 e. The monoisotopic (exact) mass is 421 g/mol. The van der Waals surface area contributed by atoms with E-state index in [1.807, 2.05) is 0 Å². The molecule has 10 heteroatoms. The Morgan fingerprint density at radius 2 is 1.93 bits per heavy atom. The number of non-ortho nitro benzene ring substituents is 1. The highest BCUT2D eigenvalue weighted by Crippen LogP contribution is 2.35. The number of nitro groups is 1. The first kappa shape index (κ1) is 19.8. The molecule has 1 saturated heterocycles. The van der Waals surface area contributed by atoms with Crippen molar-refractivity contribution in [3.05, 3.63) is 73.8 Å². The summed E-state index contributed by atoms with van der Waals surface area (Å²) in [5.74, 6) is -1.28. The molecule has 3 rings (SSSR count). The number of nitrogens with zero attached hydrogens (tertiary/aromatic N) is 2. The van der Waals surface area contributed by atoms with E-state index >= 15 is 0 Å². The average molecular weight is 422 g/mol. The highest BCUT2D eigenvalue weighted by molar-refractivity contribution is 6.35. The molecule has 0 saturated carbocycles. The standard InChI is InChI=1S/C18H13Cl2N3O5/c1-18(13-6-5-11(19)8-14(13)20)16(25)22(17(26)21-18)9-15(24)10-3-2-4-12(7-10)23(27)28/h2-8H,9H2,1H3,(H,21,26). The minimum Gasteiger partial charge on any atom is -0.319 e. The fourth-order valence-electron chi connectivity index (χ4n) is 2.95. The van der Waals surface area contributed by atoms with Crippen LogP contribution < -0.4 is 5.32 Å². The topological polar surface area (TPSA) is 110 Å². The predicted octanol–water partition coefficient (Wildman–Crippen LogP) is 3.55. The molecule has 1 atom stereocenters. The molecule has 2 aromatic rings. The second-order valence-corrected chi connectivity index (χ2v) is 7.14. The number of imide groups is 1. The van der Waals surface area contributed by atoms with Crippen molar-refractivity contribution < 1.29 is 19.3 Å². The van der Waals surface area contributed by atoms with Gasteiger partial charge in [-0.3, -0.25) is 24.6 Å². The molecule has 1 heterocycles. The summed E-state index contributed by atoms with van der Waals surface area (Å²) in [5.41, 5.74) is -1.38. The molecule has 1 N–H and O–H groups in total. The van der Waals surface area contributed by atoms with Crippen molar-refractivity contribution >= 4 is 46.6 Å². The molecule has 8 nitrogen and oxygen atoms in total. The van der Waals surface area contributed by atoms with Crippen molar-refractivity contribution in [3.63, 3.8) is 0 Å². The Kier molecular flexibility index (Phi) is 5.10. The lowest BCUT2D eigenvalue weighted by molar-refractivity contribution is -0.384. The summed E-state index contributed by atoms with van der Waals surface area (Å²) in [5, 5.41) is 14.0. The number of hydrogen-bond donors (Lipinski definition) is 1. The number of ketones is 1. The van der Waals surface area contributed by atoms with Gasteiger partial charge in [-0.15, -0.1) is 0 Å². The maximum Gasteiger partial charge on any atom is 0.325 e. The fraction of sp³-hybridized carbons (Fsp3) is 0.167. The van der Waals surface area contributed by atoms with Crippen molar-refractivity contribution in [2.75, 3.05) is 6.54 Å².